The Morgan fingerprint density at radius 2 is 1.57 bits per heavy atom. The fourth-order valence-electron chi connectivity index (χ4n) is 2.47. The Hall–Kier alpha value is -3.28. The zero-order valence-electron chi connectivity index (χ0n) is 16.4. The van der Waals surface area contributed by atoms with E-state index in [1.165, 1.54) is 6.08 Å². The molecule has 0 spiro atoms. The van der Waals surface area contributed by atoms with Gasteiger partial charge in [-0.05, 0) is 61.9 Å². The molecule has 0 aliphatic heterocycles. The second-order valence-electron chi connectivity index (χ2n) is 5.88. The minimum absolute atomic E-state index is 0.284. The molecule has 0 aliphatic carbocycles. The topological polar surface area (TPSA) is 71.1 Å². The summed E-state index contributed by atoms with van der Waals surface area (Å²) in [4.78, 5) is 24.5. The molecule has 0 aliphatic rings. The lowest BCUT2D eigenvalue weighted by Gasteiger charge is -2.11. The Morgan fingerprint density at radius 3 is 2.11 bits per heavy atom. The first-order chi connectivity index (χ1) is 13.5. The van der Waals surface area contributed by atoms with Crippen molar-refractivity contribution in [2.45, 2.75) is 20.0 Å². The van der Waals surface area contributed by atoms with Gasteiger partial charge < -0.3 is 18.9 Å². The average molecular weight is 384 g/mol. The van der Waals surface area contributed by atoms with Crippen molar-refractivity contribution in [3.8, 4) is 17.2 Å². The Bertz CT molecular complexity index is 816. The lowest BCUT2D eigenvalue weighted by molar-refractivity contribution is -0.140. The Labute approximate surface area is 164 Å². The molecule has 0 saturated carbocycles. The van der Waals surface area contributed by atoms with Crippen LogP contribution in [0.25, 0.3) is 6.08 Å². The SMILES string of the molecule is CCOc1ccc(C(=O)[C@H](C)OC(=O)/C=C/c2cc(OC)cc(OC)c2)cc1. The van der Waals surface area contributed by atoms with Crippen LogP contribution in [0.15, 0.2) is 48.5 Å². The molecule has 6 heteroatoms. The molecule has 2 aromatic carbocycles. The molecular formula is C22H24O6. The van der Waals surface area contributed by atoms with Crippen molar-refractivity contribution in [1.29, 1.82) is 0 Å². The summed E-state index contributed by atoms with van der Waals surface area (Å²) in [5, 5.41) is 0. The molecule has 0 amide bonds. The molecule has 2 aromatic rings. The Balaban J connectivity index is 1.99. The molecule has 0 bridgehead atoms. The van der Waals surface area contributed by atoms with E-state index < -0.39 is 12.1 Å². The maximum absolute atomic E-state index is 12.4. The van der Waals surface area contributed by atoms with Crippen LogP contribution in [0.3, 0.4) is 0 Å². The summed E-state index contributed by atoms with van der Waals surface area (Å²) in [6, 6.07) is 11.9. The zero-order valence-corrected chi connectivity index (χ0v) is 16.4. The molecule has 2 rings (SSSR count). The number of hydrogen-bond acceptors (Lipinski definition) is 6. The van der Waals surface area contributed by atoms with Gasteiger partial charge >= 0.3 is 5.97 Å². The molecule has 0 radical (unpaired) electrons. The van der Waals surface area contributed by atoms with Crippen LogP contribution in [0.5, 0.6) is 17.2 Å². The van der Waals surface area contributed by atoms with Crippen LogP contribution >= 0.6 is 0 Å². The highest BCUT2D eigenvalue weighted by Gasteiger charge is 2.18. The summed E-state index contributed by atoms with van der Waals surface area (Å²) >= 11 is 0. The van der Waals surface area contributed by atoms with Gasteiger partial charge in [0.05, 0.1) is 20.8 Å². The number of Topliss-reactive ketones (excluding diaryl/α,β-unsaturated/α-hetero) is 1. The van der Waals surface area contributed by atoms with Crippen molar-refractivity contribution in [2.75, 3.05) is 20.8 Å². The molecule has 0 saturated heterocycles. The molecule has 0 aromatic heterocycles. The van der Waals surface area contributed by atoms with Crippen LogP contribution in [0, 0.1) is 0 Å². The first-order valence-corrected chi connectivity index (χ1v) is 8.85. The van der Waals surface area contributed by atoms with Crippen molar-refractivity contribution in [2.24, 2.45) is 0 Å². The van der Waals surface area contributed by atoms with Crippen LogP contribution < -0.4 is 14.2 Å². The number of methoxy groups -OCH3 is 2. The third kappa shape index (κ3) is 5.87. The van der Waals surface area contributed by atoms with E-state index in [2.05, 4.69) is 0 Å². The van der Waals surface area contributed by atoms with Crippen LogP contribution in [-0.4, -0.2) is 38.7 Å². The van der Waals surface area contributed by atoms with E-state index in [9.17, 15) is 9.59 Å². The number of carbonyl (C=O) groups is 2. The minimum atomic E-state index is -0.907. The second-order valence-corrected chi connectivity index (χ2v) is 5.88. The summed E-state index contributed by atoms with van der Waals surface area (Å²) < 4.78 is 20.9. The van der Waals surface area contributed by atoms with Crippen LogP contribution in [0.4, 0.5) is 0 Å². The number of carbonyl (C=O) groups excluding carboxylic acids is 2. The number of ether oxygens (including phenoxy) is 4. The Morgan fingerprint density at radius 1 is 0.964 bits per heavy atom. The van der Waals surface area contributed by atoms with E-state index >= 15 is 0 Å². The molecule has 0 fully saturated rings. The summed E-state index contributed by atoms with van der Waals surface area (Å²) in [7, 11) is 3.09. The summed E-state index contributed by atoms with van der Waals surface area (Å²) in [6.45, 7) is 3.97. The van der Waals surface area contributed by atoms with E-state index in [-0.39, 0.29) is 5.78 Å². The predicted octanol–water partition coefficient (Wildman–Crippen LogP) is 3.93. The highest BCUT2D eigenvalue weighted by molar-refractivity contribution is 6.01. The summed E-state index contributed by atoms with van der Waals surface area (Å²) in [5.41, 5.74) is 1.16. The van der Waals surface area contributed by atoms with Crippen molar-refractivity contribution in [1.82, 2.24) is 0 Å². The maximum Gasteiger partial charge on any atom is 0.331 e. The number of esters is 1. The molecular weight excluding hydrogens is 360 g/mol. The first-order valence-electron chi connectivity index (χ1n) is 8.85. The molecule has 0 unspecified atom stereocenters. The van der Waals surface area contributed by atoms with E-state index in [0.717, 1.165) is 0 Å². The standard InChI is InChI=1S/C22H24O6/c1-5-27-18-9-7-17(8-10-18)22(24)15(2)28-21(23)11-6-16-12-19(25-3)14-20(13-16)26-4/h6-15H,5H2,1-4H3/b11-6+/t15-/m0/s1. The number of ketones is 1. The third-order valence-electron chi connectivity index (χ3n) is 3.90. The lowest BCUT2D eigenvalue weighted by atomic mass is 10.1. The van der Waals surface area contributed by atoms with Gasteiger partial charge in [0, 0.05) is 17.7 Å². The predicted molar refractivity (Wildman–Crippen MR) is 106 cm³/mol. The van der Waals surface area contributed by atoms with Crippen LogP contribution in [-0.2, 0) is 9.53 Å². The molecule has 28 heavy (non-hydrogen) atoms. The normalized spacial score (nSPS) is 11.7. The third-order valence-corrected chi connectivity index (χ3v) is 3.90. The van der Waals surface area contributed by atoms with E-state index in [1.807, 2.05) is 6.92 Å². The van der Waals surface area contributed by atoms with E-state index in [4.69, 9.17) is 18.9 Å². The van der Waals surface area contributed by atoms with Crippen molar-refractivity contribution >= 4 is 17.8 Å². The molecule has 0 heterocycles. The fourth-order valence-corrected chi connectivity index (χ4v) is 2.47. The zero-order chi connectivity index (χ0) is 20.5. The smallest absolute Gasteiger partial charge is 0.331 e. The van der Waals surface area contributed by atoms with E-state index in [1.54, 1.807) is 69.7 Å². The second kappa shape index (κ2) is 10.2. The largest absolute Gasteiger partial charge is 0.497 e. The van der Waals surface area contributed by atoms with Crippen LogP contribution in [0.1, 0.15) is 29.8 Å². The molecule has 0 N–H and O–H groups in total. The van der Waals surface area contributed by atoms with Crippen molar-refractivity contribution in [3.63, 3.8) is 0 Å². The average Bonchev–Trinajstić information content (AvgIpc) is 2.72. The van der Waals surface area contributed by atoms with Gasteiger partial charge in [-0.3, -0.25) is 4.79 Å². The van der Waals surface area contributed by atoms with Gasteiger partial charge in [-0.25, -0.2) is 4.79 Å². The number of rotatable bonds is 9. The van der Waals surface area contributed by atoms with Crippen molar-refractivity contribution < 1.29 is 28.5 Å². The van der Waals surface area contributed by atoms with Crippen LogP contribution in [0.2, 0.25) is 0 Å². The quantitative estimate of drug-likeness (QED) is 0.371. The van der Waals surface area contributed by atoms with E-state index in [0.29, 0.717) is 35.0 Å². The van der Waals surface area contributed by atoms with Gasteiger partial charge in [-0.2, -0.15) is 0 Å². The Kier molecular flexibility index (Phi) is 7.63. The van der Waals surface area contributed by atoms with Gasteiger partial charge in [0.25, 0.3) is 0 Å². The number of hydrogen-bond donors (Lipinski definition) is 0. The molecule has 148 valence electrons. The van der Waals surface area contributed by atoms with Gasteiger partial charge in [0.15, 0.2) is 6.10 Å². The fraction of sp³-hybridized carbons (Fsp3) is 0.273. The highest BCUT2D eigenvalue weighted by atomic mass is 16.5. The highest BCUT2D eigenvalue weighted by Crippen LogP contribution is 2.23. The van der Waals surface area contributed by atoms with Gasteiger partial charge in [0.2, 0.25) is 5.78 Å². The maximum atomic E-state index is 12.4. The molecule has 6 nitrogen and oxygen atoms in total. The minimum Gasteiger partial charge on any atom is -0.497 e. The van der Waals surface area contributed by atoms with Gasteiger partial charge in [-0.15, -0.1) is 0 Å². The first kappa shape index (κ1) is 21.0. The molecule has 1 atom stereocenters. The lowest BCUT2D eigenvalue weighted by Crippen LogP contribution is -2.23. The number of benzene rings is 2. The van der Waals surface area contributed by atoms with Gasteiger partial charge in [0.1, 0.15) is 17.2 Å². The summed E-state index contributed by atoms with van der Waals surface area (Å²) in [6.07, 6.45) is 1.92. The summed E-state index contributed by atoms with van der Waals surface area (Å²) in [5.74, 6) is 0.986. The monoisotopic (exact) mass is 384 g/mol. The van der Waals surface area contributed by atoms with Gasteiger partial charge in [-0.1, -0.05) is 0 Å². The van der Waals surface area contributed by atoms with Crippen molar-refractivity contribution in [3.05, 3.63) is 59.7 Å².